The van der Waals surface area contributed by atoms with Gasteiger partial charge in [-0.2, -0.15) is 13.2 Å². The zero-order valence-corrected chi connectivity index (χ0v) is 14.3. The van der Waals surface area contributed by atoms with E-state index in [-0.39, 0.29) is 18.0 Å². The van der Waals surface area contributed by atoms with E-state index in [1.54, 1.807) is 0 Å². The van der Waals surface area contributed by atoms with Crippen LogP contribution in [0.2, 0.25) is 0 Å². The third-order valence-electron chi connectivity index (χ3n) is 3.39. The molecule has 2 N–H and O–H groups in total. The minimum Gasteiger partial charge on any atom is -0.326 e. The smallest absolute Gasteiger partial charge is 0.326 e. The van der Waals surface area contributed by atoms with E-state index in [0.717, 1.165) is 36.7 Å². The fourth-order valence-corrected chi connectivity index (χ4v) is 3.10. The van der Waals surface area contributed by atoms with Crippen LogP contribution in [0.15, 0.2) is 29.3 Å². The predicted octanol–water partition coefficient (Wildman–Crippen LogP) is 3.42. The first-order valence-corrected chi connectivity index (χ1v) is 8.66. The van der Waals surface area contributed by atoms with Crippen molar-refractivity contribution in [2.24, 2.45) is 4.99 Å². The second-order valence-electron chi connectivity index (χ2n) is 5.47. The number of aliphatic imine (C=N–C) groups is 1. The topological polar surface area (TPSA) is 70.6 Å². The van der Waals surface area contributed by atoms with Gasteiger partial charge in [0.1, 0.15) is 5.25 Å². The van der Waals surface area contributed by atoms with Gasteiger partial charge in [0.15, 0.2) is 5.17 Å². The van der Waals surface area contributed by atoms with E-state index in [2.05, 4.69) is 15.6 Å². The predicted molar refractivity (Wildman–Crippen MR) is 91.4 cm³/mol. The number of unbranched alkanes of at least 4 members (excludes halogenated alkanes) is 1. The van der Waals surface area contributed by atoms with Crippen molar-refractivity contribution >= 4 is 34.4 Å². The lowest BCUT2D eigenvalue weighted by molar-refractivity contribution is -0.137. The molecule has 25 heavy (non-hydrogen) atoms. The van der Waals surface area contributed by atoms with Crippen molar-refractivity contribution in [3.63, 3.8) is 0 Å². The van der Waals surface area contributed by atoms with Gasteiger partial charge in [-0.05, 0) is 24.6 Å². The van der Waals surface area contributed by atoms with Gasteiger partial charge in [-0.15, -0.1) is 0 Å². The molecule has 5 nitrogen and oxygen atoms in total. The van der Waals surface area contributed by atoms with Crippen molar-refractivity contribution in [1.82, 2.24) is 5.32 Å². The van der Waals surface area contributed by atoms with Crippen LogP contribution >= 0.6 is 11.8 Å². The average Bonchev–Trinajstić information content (AvgIpc) is 2.87. The van der Waals surface area contributed by atoms with E-state index in [1.165, 1.54) is 12.1 Å². The number of carbonyl (C=O) groups is 2. The number of amides is 2. The van der Waals surface area contributed by atoms with Crippen LogP contribution in [-0.4, -0.2) is 28.8 Å². The Hall–Kier alpha value is -2.03. The van der Waals surface area contributed by atoms with Crippen LogP contribution in [-0.2, 0) is 15.8 Å². The maximum Gasteiger partial charge on any atom is 0.416 e. The summed E-state index contributed by atoms with van der Waals surface area (Å²) in [5, 5.41) is 4.85. The van der Waals surface area contributed by atoms with Gasteiger partial charge in [0.25, 0.3) is 0 Å². The van der Waals surface area contributed by atoms with E-state index in [0.29, 0.717) is 11.7 Å². The van der Waals surface area contributed by atoms with Crippen molar-refractivity contribution in [2.75, 3.05) is 11.9 Å². The molecule has 2 amide bonds. The second kappa shape index (κ2) is 8.37. The second-order valence-corrected chi connectivity index (χ2v) is 6.66. The molecule has 1 atom stereocenters. The molecule has 1 aromatic carbocycles. The lowest BCUT2D eigenvalue weighted by atomic mass is 10.2. The number of anilines is 1. The Bertz CT molecular complexity index is 677. The maximum absolute atomic E-state index is 12.7. The monoisotopic (exact) mass is 373 g/mol. The maximum atomic E-state index is 12.7. The van der Waals surface area contributed by atoms with Crippen LogP contribution in [0.1, 0.15) is 31.7 Å². The van der Waals surface area contributed by atoms with Gasteiger partial charge in [0.05, 0.1) is 5.56 Å². The Morgan fingerprint density at radius 3 is 2.84 bits per heavy atom. The fraction of sp³-hybridized carbons (Fsp3) is 0.438. The number of benzene rings is 1. The SMILES string of the molecule is CCCCN=C1NC(=O)C(CC(=O)Nc2cccc(C(F)(F)F)c2)S1. The zero-order valence-electron chi connectivity index (χ0n) is 13.5. The molecule has 136 valence electrons. The number of hydrogen-bond acceptors (Lipinski definition) is 4. The van der Waals surface area contributed by atoms with Gasteiger partial charge in [-0.1, -0.05) is 31.2 Å². The highest BCUT2D eigenvalue weighted by atomic mass is 32.2. The lowest BCUT2D eigenvalue weighted by Gasteiger charge is -2.10. The number of alkyl halides is 3. The summed E-state index contributed by atoms with van der Waals surface area (Å²) in [6, 6.07) is 4.37. The van der Waals surface area contributed by atoms with E-state index in [1.807, 2.05) is 6.92 Å². The number of rotatable bonds is 6. The van der Waals surface area contributed by atoms with Crippen LogP contribution < -0.4 is 10.6 Å². The molecule has 1 saturated heterocycles. The van der Waals surface area contributed by atoms with E-state index in [4.69, 9.17) is 0 Å². The number of nitrogens with one attached hydrogen (secondary N) is 2. The van der Waals surface area contributed by atoms with Crippen molar-refractivity contribution < 1.29 is 22.8 Å². The Balaban J connectivity index is 1.92. The quantitative estimate of drug-likeness (QED) is 0.751. The highest BCUT2D eigenvalue weighted by molar-refractivity contribution is 8.15. The van der Waals surface area contributed by atoms with Crippen molar-refractivity contribution in [1.29, 1.82) is 0 Å². The summed E-state index contributed by atoms with van der Waals surface area (Å²) in [6.07, 6.45) is -2.73. The number of nitrogens with zero attached hydrogens (tertiary/aromatic N) is 1. The number of carbonyl (C=O) groups excluding carboxylic acids is 2. The summed E-state index contributed by atoms with van der Waals surface area (Å²) in [5.74, 6) is -0.846. The average molecular weight is 373 g/mol. The largest absolute Gasteiger partial charge is 0.416 e. The minimum absolute atomic E-state index is 0.0417. The van der Waals surface area contributed by atoms with Gasteiger partial charge in [-0.3, -0.25) is 14.6 Å². The molecule has 1 aromatic rings. The molecule has 0 aliphatic carbocycles. The van der Waals surface area contributed by atoms with Crippen LogP contribution in [0.4, 0.5) is 18.9 Å². The Morgan fingerprint density at radius 1 is 1.40 bits per heavy atom. The van der Waals surface area contributed by atoms with E-state index in [9.17, 15) is 22.8 Å². The third kappa shape index (κ3) is 5.77. The molecule has 0 saturated carbocycles. The van der Waals surface area contributed by atoms with Crippen LogP contribution in [0.5, 0.6) is 0 Å². The molecule has 2 rings (SSSR count). The number of hydrogen-bond donors (Lipinski definition) is 2. The molecular formula is C16H18F3N3O2S. The van der Waals surface area contributed by atoms with E-state index < -0.39 is 22.9 Å². The minimum atomic E-state index is -4.48. The fourth-order valence-electron chi connectivity index (χ4n) is 2.11. The van der Waals surface area contributed by atoms with Gasteiger partial charge in [-0.25, -0.2) is 0 Å². The molecule has 1 aliphatic heterocycles. The Labute approximate surface area is 147 Å². The Morgan fingerprint density at radius 2 is 2.16 bits per heavy atom. The normalized spacial score (nSPS) is 19.1. The molecule has 1 fully saturated rings. The van der Waals surface area contributed by atoms with Crippen molar-refractivity contribution in [3.8, 4) is 0 Å². The zero-order chi connectivity index (χ0) is 18.4. The third-order valence-corrected chi connectivity index (χ3v) is 4.51. The molecule has 0 spiro atoms. The lowest BCUT2D eigenvalue weighted by Crippen LogP contribution is -2.28. The van der Waals surface area contributed by atoms with Crippen molar-refractivity contribution in [3.05, 3.63) is 29.8 Å². The summed E-state index contributed by atoms with van der Waals surface area (Å²) >= 11 is 1.16. The standard InChI is InChI=1S/C16H18F3N3O2S/c1-2-3-7-20-15-22-14(24)12(25-15)9-13(23)21-11-6-4-5-10(8-11)16(17,18)19/h4-6,8,12H,2-3,7,9H2,1H3,(H,21,23)(H,20,22,24). The molecular weight excluding hydrogens is 355 g/mol. The molecule has 0 radical (unpaired) electrons. The molecule has 9 heteroatoms. The number of amidine groups is 1. The summed E-state index contributed by atoms with van der Waals surface area (Å²) in [4.78, 5) is 28.1. The summed E-state index contributed by atoms with van der Waals surface area (Å²) in [6.45, 7) is 2.63. The molecule has 1 aliphatic rings. The first kappa shape index (κ1) is 19.3. The molecule has 0 bridgehead atoms. The van der Waals surface area contributed by atoms with E-state index >= 15 is 0 Å². The van der Waals surface area contributed by atoms with Gasteiger partial charge in [0.2, 0.25) is 11.8 Å². The van der Waals surface area contributed by atoms with Crippen LogP contribution in [0, 0.1) is 0 Å². The summed E-state index contributed by atoms with van der Waals surface area (Å²) in [5.41, 5.74) is -0.802. The van der Waals surface area contributed by atoms with Crippen LogP contribution in [0.25, 0.3) is 0 Å². The summed E-state index contributed by atoms with van der Waals surface area (Å²) in [7, 11) is 0. The van der Waals surface area contributed by atoms with Gasteiger partial charge in [0, 0.05) is 18.7 Å². The summed E-state index contributed by atoms with van der Waals surface area (Å²) < 4.78 is 38.0. The molecule has 0 aromatic heterocycles. The van der Waals surface area contributed by atoms with Crippen LogP contribution in [0.3, 0.4) is 0 Å². The highest BCUT2D eigenvalue weighted by Crippen LogP contribution is 2.31. The molecule has 1 heterocycles. The highest BCUT2D eigenvalue weighted by Gasteiger charge is 2.33. The first-order chi connectivity index (χ1) is 11.8. The first-order valence-electron chi connectivity index (χ1n) is 7.78. The molecule has 1 unspecified atom stereocenters. The number of thioether (sulfide) groups is 1. The Kier molecular flexibility index (Phi) is 6.46. The van der Waals surface area contributed by atoms with Crippen molar-refractivity contribution in [2.45, 2.75) is 37.6 Å². The van der Waals surface area contributed by atoms with Gasteiger partial charge >= 0.3 is 6.18 Å². The van der Waals surface area contributed by atoms with Gasteiger partial charge < -0.3 is 10.6 Å². The number of halogens is 3.